The van der Waals surface area contributed by atoms with Crippen LogP contribution in [0.5, 0.6) is 10.9 Å². The van der Waals surface area contributed by atoms with Crippen molar-refractivity contribution in [2.75, 3.05) is 0 Å². The van der Waals surface area contributed by atoms with Gasteiger partial charge >= 0.3 is 0 Å². The van der Waals surface area contributed by atoms with E-state index in [1.165, 1.54) is 17.4 Å². The van der Waals surface area contributed by atoms with Gasteiger partial charge in [-0.3, -0.25) is 0 Å². The van der Waals surface area contributed by atoms with Crippen LogP contribution in [-0.4, -0.2) is 4.98 Å². The Bertz CT molecular complexity index is 430. The van der Waals surface area contributed by atoms with Crippen LogP contribution in [-0.2, 0) is 0 Å². The second-order valence-electron chi connectivity index (χ2n) is 2.48. The molecular formula is C9H5F2NOS. The van der Waals surface area contributed by atoms with Gasteiger partial charge in [-0.1, -0.05) is 11.3 Å². The fourth-order valence-corrected chi connectivity index (χ4v) is 1.41. The molecule has 0 radical (unpaired) electrons. The molecule has 0 fully saturated rings. The Morgan fingerprint density at radius 3 is 2.71 bits per heavy atom. The van der Waals surface area contributed by atoms with E-state index in [1.807, 2.05) is 0 Å². The highest BCUT2D eigenvalue weighted by atomic mass is 32.1. The zero-order valence-electron chi connectivity index (χ0n) is 6.91. The van der Waals surface area contributed by atoms with Gasteiger partial charge in [-0.05, 0) is 12.1 Å². The third-order valence-electron chi connectivity index (χ3n) is 1.51. The van der Waals surface area contributed by atoms with Crippen molar-refractivity contribution in [3.8, 4) is 10.9 Å². The molecule has 72 valence electrons. The van der Waals surface area contributed by atoms with Gasteiger partial charge in [-0.25, -0.2) is 13.8 Å². The summed E-state index contributed by atoms with van der Waals surface area (Å²) >= 11 is 1.28. The van der Waals surface area contributed by atoms with E-state index in [2.05, 4.69) is 4.98 Å². The number of hydrogen-bond acceptors (Lipinski definition) is 3. The van der Waals surface area contributed by atoms with Crippen molar-refractivity contribution in [3.63, 3.8) is 0 Å². The average Bonchev–Trinajstić information content (AvgIpc) is 2.64. The molecule has 0 atom stereocenters. The molecule has 0 bridgehead atoms. The predicted octanol–water partition coefficient (Wildman–Crippen LogP) is 3.21. The largest absolute Gasteiger partial charge is 0.431 e. The SMILES string of the molecule is Fc1ccc(Oc2nccs2)cc1F. The summed E-state index contributed by atoms with van der Waals surface area (Å²) in [5.74, 6) is -1.59. The van der Waals surface area contributed by atoms with Crippen molar-refractivity contribution in [2.24, 2.45) is 0 Å². The van der Waals surface area contributed by atoms with Crippen LogP contribution in [0.25, 0.3) is 0 Å². The number of benzene rings is 1. The number of thiazole rings is 1. The lowest BCUT2D eigenvalue weighted by Crippen LogP contribution is -1.87. The lowest BCUT2D eigenvalue weighted by molar-refractivity contribution is 0.459. The predicted molar refractivity (Wildman–Crippen MR) is 48.5 cm³/mol. The standard InChI is InChI=1S/C9H5F2NOS/c10-7-2-1-6(5-8(7)11)13-9-12-3-4-14-9/h1-5H. The Hall–Kier alpha value is -1.49. The summed E-state index contributed by atoms with van der Waals surface area (Å²) in [5.41, 5.74) is 0. The van der Waals surface area contributed by atoms with Crippen LogP contribution in [0.1, 0.15) is 0 Å². The molecule has 2 aromatic rings. The van der Waals surface area contributed by atoms with E-state index in [4.69, 9.17) is 4.74 Å². The van der Waals surface area contributed by atoms with Gasteiger partial charge in [0.2, 0.25) is 0 Å². The molecule has 2 nitrogen and oxygen atoms in total. The first kappa shape index (κ1) is 9.08. The first-order valence-corrected chi connectivity index (χ1v) is 4.66. The lowest BCUT2D eigenvalue weighted by atomic mass is 10.3. The van der Waals surface area contributed by atoms with E-state index < -0.39 is 11.6 Å². The van der Waals surface area contributed by atoms with Gasteiger partial charge in [0.25, 0.3) is 5.19 Å². The second-order valence-corrected chi connectivity index (χ2v) is 3.33. The van der Waals surface area contributed by atoms with Crippen molar-refractivity contribution in [1.82, 2.24) is 4.98 Å². The van der Waals surface area contributed by atoms with E-state index in [0.717, 1.165) is 12.1 Å². The van der Waals surface area contributed by atoms with Crippen molar-refractivity contribution in [2.45, 2.75) is 0 Å². The minimum atomic E-state index is -0.931. The van der Waals surface area contributed by atoms with Crippen molar-refractivity contribution < 1.29 is 13.5 Å². The van der Waals surface area contributed by atoms with Crippen LogP contribution < -0.4 is 4.74 Å². The molecule has 14 heavy (non-hydrogen) atoms. The number of rotatable bonds is 2. The van der Waals surface area contributed by atoms with Crippen LogP contribution in [0, 0.1) is 11.6 Å². The highest BCUT2D eigenvalue weighted by molar-refractivity contribution is 7.11. The first-order valence-electron chi connectivity index (χ1n) is 3.78. The fraction of sp³-hybridized carbons (Fsp3) is 0. The maximum absolute atomic E-state index is 12.7. The Labute approximate surface area is 82.8 Å². The monoisotopic (exact) mass is 213 g/mol. The smallest absolute Gasteiger partial charge is 0.278 e. The van der Waals surface area contributed by atoms with Gasteiger partial charge in [0, 0.05) is 17.6 Å². The second kappa shape index (κ2) is 3.71. The number of nitrogens with zero attached hydrogens (tertiary/aromatic N) is 1. The van der Waals surface area contributed by atoms with Crippen LogP contribution in [0.2, 0.25) is 0 Å². The van der Waals surface area contributed by atoms with E-state index >= 15 is 0 Å². The molecule has 0 aliphatic heterocycles. The summed E-state index contributed by atoms with van der Waals surface area (Å²) in [6, 6.07) is 3.34. The highest BCUT2D eigenvalue weighted by Crippen LogP contribution is 2.24. The average molecular weight is 213 g/mol. The number of hydrogen-bond donors (Lipinski definition) is 0. The quantitative estimate of drug-likeness (QED) is 0.764. The number of ether oxygens (including phenoxy) is 1. The molecule has 1 aromatic carbocycles. The molecule has 0 aliphatic rings. The molecule has 1 aromatic heterocycles. The topological polar surface area (TPSA) is 22.1 Å². The van der Waals surface area contributed by atoms with Gasteiger partial charge < -0.3 is 4.74 Å². The van der Waals surface area contributed by atoms with E-state index in [-0.39, 0.29) is 5.75 Å². The fourth-order valence-electron chi connectivity index (χ4n) is 0.902. The molecule has 0 saturated carbocycles. The summed E-state index contributed by atoms with van der Waals surface area (Å²) in [6.07, 6.45) is 1.57. The summed E-state index contributed by atoms with van der Waals surface area (Å²) in [6.45, 7) is 0. The first-order chi connectivity index (χ1) is 6.75. The van der Waals surface area contributed by atoms with Crippen LogP contribution >= 0.6 is 11.3 Å². The Morgan fingerprint density at radius 2 is 2.07 bits per heavy atom. The number of aromatic nitrogens is 1. The molecule has 1 heterocycles. The third kappa shape index (κ3) is 1.88. The van der Waals surface area contributed by atoms with Gasteiger partial charge in [-0.2, -0.15) is 0 Å². The minimum Gasteiger partial charge on any atom is -0.431 e. The zero-order chi connectivity index (χ0) is 9.97. The molecule has 0 spiro atoms. The van der Waals surface area contributed by atoms with Crippen LogP contribution in [0.15, 0.2) is 29.8 Å². The molecule has 0 unspecified atom stereocenters. The van der Waals surface area contributed by atoms with Crippen LogP contribution in [0.3, 0.4) is 0 Å². The van der Waals surface area contributed by atoms with Crippen molar-refractivity contribution in [3.05, 3.63) is 41.4 Å². The van der Waals surface area contributed by atoms with Crippen molar-refractivity contribution >= 4 is 11.3 Å². The lowest BCUT2D eigenvalue weighted by Gasteiger charge is -2.01. The molecule has 5 heteroatoms. The normalized spacial score (nSPS) is 10.1. The van der Waals surface area contributed by atoms with Gasteiger partial charge in [0.15, 0.2) is 11.6 Å². The Kier molecular flexibility index (Phi) is 2.41. The minimum absolute atomic E-state index is 0.235. The highest BCUT2D eigenvalue weighted by Gasteiger charge is 2.04. The maximum atomic E-state index is 12.7. The maximum Gasteiger partial charge on any atom is 0.278 e. The summed E-state index contributed by atoms with van der Waals surface area (Å²) in [5, 5.41) is 2.13. The summed E-state index contributed by atoms with van der Waals surface area (Å²) in [7, 11) is 0. The molecule has 2 rings (SSSR count). The Balaban J connectivity index is 2.22. The van der Waals surface area contributed by atoms with Gasteiger partial charge in [0.05, 0.1) is 0 Å². The number of halogens is 2. The van der Waals surface area contributed by atoms with Gasteiger partial charge in [0.1, 0.15) is 5.75 Å². The van der Waals surface area contributed by atoms with Gasteiger partial charge in [-0.15, -0.1) is 0 Å². The molecule has 0 aliphatic carbocycles. The van der Waals surface area contributed by atoms with Crippen molar-refractivity contribution in [1.29, 1.82) is 0 Å². The van der Waals surface area contributed by atoms with E-state index in [9.17, 15) is 8.78 Å². The van der Waals surface area contributed by atoms with E-state index in [1.54, 1.807) is 11.6 Å². The molecule has 0 N–H and O–H groups in total. The molecular weight excluding hydrogens is 208 g/mol. The zero-order valence-corrected chi connectivity index (χ0v) is 7.72. The van der Waals surface area contributed by atoms with E-state index in [0.29, 0.717) is 5.19 Å². The summed E-state index contributed by atoms with van der Waals surface area (Å²) < 4.78 is 30.4. The molecule has 0 saturated heterocycles. The summed E-state index contributed by atoms with van der Waals surface area (Å²) in [4.78, 5) is 3.84. The van der Waals surface area contributed by atoms with Crippen LogP contribution in [0.4, 0.5) is 8.78 Å². The molecule has 0 amide bonds. The Morgan fingerprint density at radius 1 is 1.21 bits per heavy atom. The third-order valence-corrected chi connectivity index (χ3v) is 2.15.